The molecule has 144 valence electrons. The number of amides is 1. The molecule has 0 radical (unpaired) electrons. The summed E-state index contributed by atoms with van der Waals surface area (Å²) >= 11 is 0. The maximum Gasteiger partial charge on any atom is 0.416 e. The number of fused-ring (bicyclic) bond motifs is 1. The first-order chi connectivity index (χ1) is 12.3. The van der Waals surface area contributed by atoms with E-state index in [-0.39, 0.29) is 6.09 Å². The second-order valence-electron chi connectivity index (χ2n) is 7.99. The molecular formula is C21H32N2O3. The van der Waals surface area contributed by atoms with Gasteiger partial charge in [0.2, 0.25) is 0 Å². The predicted molar refractivity (Wildman–Crippen MR) is 105 cm³/mol. The second-order valence-corrected chi connectivity index (χ2v) is 7.99. The number of anilines is 1. The molecule has 1 aliphatic rings. The number of carbonyl (C=O) groups is 1. The lowest BCUT2D eigenvalue weighted by molar-refractivity contribution is 0.0576. The topological polar surface area (TPSA) is 51.7 Å². The van der Waals surface area contributed by atoms with Gasteiger partial charge in [0.1, 0.15) is 11.4 Å². The average molecular weight is 360 g/mol. The van der Waals surface area contributed by atoms with Crippen LogP contribution in [0.3, 0.4) is 0 Å². The summed E-state index contributed by atoms with van der Waals surface area (Å²) in [5, 5.41) is 0. The molecule has 0 N–H and O–H groups in total. The lowest BCUT2D eigenvalue weighted by atomic mass is 10.0. The summed E-state index contributed by atoms with van der Waals surface area (Å²) in [5.74, 6) is 1.22. The number of carbonyl (C=O) groups excluding carboxylic acids is 1. The molecule has 1 aromatic rings. The zero-order valence-electron chi connectivity index (χ0n) is 16.6. The van der Waals surface area contributed by atoms with Crippen molar-refractivity contribution in [3.05, 3.63) is 36.0 Å². The Morgan fingerprint density at radius 1 is 1.42 bits per heavy atom. The minimum absolute atomic E-state index is 0.311. The van der Waals surface area contributed by atoms with Gasteiger partial charge in [0.25, 0.3) is 0 Å². The third kappa shape index (κ3) is 6.13. The molecule has 2 heterocycles. The fourth-order valence-corrected chi connectivity index (χ4v) is 2.94. The molecule has 1 aliphatic heterocycles. The van der Waals surface area contributed by atoms with Crippen molar-refractivity contribution in [3.63, 3.8) is 0 Å². The molecule has 0 aliphatic carbocycles. The van der Waals surface area contributed by atoms with Gasteiger partial charge in [0, 0.05) is 18.8 Å². The molecule has 1 aromatic heterocycles. The van der Waals surface area contributed by atoms with Gasteiger partial charge >= 0.3 is 6.09 Å². The van der Waals surface area contributed by atoms with E-state index in [2.05, 4.69) is 25.6 Å². The summed E-state index contributed by atoms with van der Waals surface area (Å²) in [7, 11) is 0. The molecule has 0 spiro atoms. The molecule has 0 aromatic carbocycles. The Balaban J connectivity index is 2.03. The fraction of sp³-hybridized carbons (Fsp3) is 0.619. The first-order valence-corrected chi connectivity index (χ1v) is 9.48. The van der Waals surface area contributed by atoms with Crippen molar-refractivity contribution in [2.24, 2.45) is 5.92 Å². The van der Waals surface area contributed by atoms with Gasteiger partial charge in [-0.05, 0) is 64.0 Å². The number of hydrogen-bond donors (Lipinski definition) is 0. The van der Waals surface area contributed by atoms with E-state index in [1.807, 2.05) is 20.8 Å². The zero-order valence-corrected chi connectivity index (χ0v) is 16.6. The standard InChI is InChI=1S/C21H32N2O3/c1-6-14-25-15-16(2)9-11-18-12-10-17-8-7-13-23(19(17)22-18)20(24)26-21(3,4)5/h6,10,12,16H,1,7-9,11,13-15H2,2-5H3. The van der Waals surface area contributed by atoms with Crippen molar-refractivity contribution in [2.45, 2.75) is 59.0 Å². The van der Waals surface area contributed by atoms with E-state index in [1.54, 1.807) is 11.0 Å². The van der Waals surface area contributed by atoms with Gasteiger partial charge in [-0.1, -0.05) is 19.1 Å². The summed E-state index contributed by atoms with van der Waals surface area (Å²) in [6, 6.07) is 4.18. The Morgan fingerprint density at radius 2 is 2.19 bits per heavy atom. The van der Waals surface area contributed by atoms with Gasteiger partial charge in [-0.25, -0.2) is 9.78 Å². The van der Waals surface area contributed by atoms with Crippen LogP contribution in [0, 0.1) is 5.92 Å². The van der Waals surface area contributed by atoms with Crippen molar-refractivity contribution in [1.82, 2.24) is 4.98 Å². The van der Waals surface area contributed by atoms with Crippen LogP contribution in [0.4, 0.5) is 10.6 Å². The lowest BCUT2D eigenvalue weighted by Crippen LogP contribution is -2.40. The van der Waals surface area contributed by atoms with Crippen LogP contribution >= 0.6 is 0 Å². The summed E-state index contributed by atoms with van der Waals surface area (Å²) < 4.78 is 11.1. The van der Waals surface area contributed by atoms with Crippen LogP contribution in [0.15, 0.2) is 24.8 Å². The number of aromatic nitrogens is 1. The quantitative estimate of drug-likeness (QED) is 0.529. The molecule has 5 heteroatoms. The van der Waals surface area contributed by atoms with Crippen LogP contribution in [-0.2, 0) is 22.3 Å². The molecule has 0 fully saturated rings. The molecule has 5 nitrogen and oxygen atoms in total. The van der Waals surface area contributed by atoms with Crippen LogP contribution in [-0.4, -0.2) is 36.4 Å². The maximum absolute atomic E-state index is 12.5. The highest BCUT2D eigenvalue weighted by molar-refractivity contribution is 5.88. The van der Waals surface area contributed by atoms with Gasteiger partial charge < -0.3 is 9.47 Å². The van der Waals surface area contributed by atoms with E-state index in [0.29, 0.717) is 19.1 Å². The molecule has 1 amide bonds. The first kappa shape index (κ1) is 20.4. The highest BCUT2D eigenvalue weighted by atomic mass is 16.6. The number of pyridine rings is 1. The fourth-order valence-electron chi connectivity index (χ4n) is 2.94. The van der Waals surface area contributed by atoms with E-state index in [1.165, 1.54) is 0 Å². The van der Waals surface area contributed by atoms with Crippen LogP contribution in [0.5, 0.6) is 0 Å². The Morgan fingerprint density at radius 3 is 2.88 bits per heavy atom. The molecule has 26 heavy (non-hydrogen) atoms. The third-order valence-electron chi connectivity index (χ3n) is 4.24. The Hall–Kier alpha value is -1.88. The van der Waals surface area contributed by atoms with E-state index >= 15 is 0 Å². The van der Waals surface area contributed by atoms with Crippen molar-refractivity contribution in [1.29, 1.82) is 0 Å². The number of rotatable bonds is 7. The lowest BCUT2D eigenvalue weighted by Gasteiger charge is -2.31. The smallest absolute Gasteiger partial charge is 0.416 e. The Kier molecular flexibility index (Phi) is 7.21. The largest absolute Gasteiger partial charge is 0.443 e. The second kappa shape index (κ2) is 9.17. The number of hydrogen-bond acceptors (Lipinski definition) is 4. The molecular weight excluding hydrogens is 328 g/mol. The highest BCUT2D eigenvalue weighted by Crippen LogP contribution is 2.27. The first-order valence-electron chi connectivity index (χ1n) is 9.48. The minimum Gasteiger partial charge on any atom is -0.443 e. The minimum atomic E-state index is -0.507. The van der Waals surface area contributed by atoms with Crippen LogP contribution in [0.1, 0.15) is 51.8 Å². The van der Waals surface area contributed by atoms with E-state index in [0.717, 1.165) is 49.4 Å². The van der Waals surface area contributed by atoms with Crippen molar-refractivity contribution < 1.29 is 14.3 Å². The van der Waals surface area contributed by atoms with Gasteiger partial charge in [-0.15, -0.1) is 6.58 Å². The third-order valence-corrected chi connectivity index (χ3v) is 4.24. The molecule has 1 atom stereocenters. The summed E-state index contributed by atoms with van der Waals surface area (Å²) in [6.45, 7) is 13.5. The average Bonchev–Trinajstić information content (AvgIpc) is 2.58. The molecule has 0 saturated heterocycles. The predicted octanol–water partition coefficient (Wildman–Crippen LogP) is 4.54. The Bertz CT molecular complexity index is 622. The molecule has 0 bridgehead atoms. The van der Waals surface area contributed by atoms with E-state index in [4.69, 9.17) is 14.5 Å². The van der Waals surface area contributed by atoms with Gasteiger partial charge in [-0.3, -0.25) is 4.90 Å². The van der Waals surface area contributed by atoms with Crippen molar-refractivity contribution >= 4 is 11.9 Å². The summed E-state index contributed by atoms with van der Waals surface area (Å²) in [5.41, 5.74) is 1.62. The van der Waals surface area contributed by atoms with Gasteiger partial charge in [-0.2, -0.15) is 0 Å². The highest BCUT2D eigenvalue weighted by Gasteiger charge is 2.28. The number of nitrogens with zero attached hydrogens (tertiary/aromatic N) is 2. The molecule has 0 saturated carbocycles. The molecule has 2 rings (SSSR count). The zero-order chi connectivity index (χ0) is 19.2. The van der Waals surface area contributed by atoms with Crippen molar-refractivity contribution in [2.75, 3.05) is 24.7 Å². The summed E-state index contributed by atoms with van der Waals surface area (Å²) in [4.78, 5) is 19.0. The number of ether oxygens (including phenoxy) is 2. The number of aryl methyl sites for hydroxylation is 2. The van der Waals surface area contributed by atoms with Gasteiger partial charge in [0.15, 0.2) is 0 Å². The van der Waals surface area contributed by atoms with E-state index < -0.39 is 5.60 Å². The van der Waals surface area contributed by atoms with Gasteiger partial charge in [0.05, 0.1) is 6.61 Å². The van der Waals surface area contributed by atoms with Crippen molar-refractivity contribution in [3.8, 4) is 0 Å². The SMILES string of the molecule is C=CCOCC(C)CCc1ccc2c(n1)N(C(=O)OC(C)(C)C)CCC2. The van der Waals surface area contributed by atoms with Crippen LogP contribution < -0.4 is 4.90 Å². The summed E-state index contributed by atoms with van der Waals surface area (Å²) in [6.07, 6.45) is 5.21. The maximum atomic E-state index is 12.5. The van der Waals surface area contributed by atoms with Crippen LogP contribution in [0.25, 0.3) is 0 Å². The Labute approximate surface area is 157 Å². The van der Waals surface area contributed by atoms with Crippen LogP contribution in [0.2, 0.25) is 0 Å². The van der Waals surface area contributed by atoms with E-state index in [9.17, 15) is 4.79 Å². The normalized spacial score (nSPS) is 15.3. The monoisotopic (exact) mass is 360 g/mol. The molecule has 1 unspecified atom stereocenters.